The number of hydrazine groups is 1. The van der Waals surface area contributed by atoms with Gasteiger partial charge in [0, 0.05) is 6.07 Å². The minimum absolute atomic E-state index is 0.378. The molecule has 0 spiro atoms. The van der Waals surface area contributed by atoms with Crippen molar-refractivity contribution >= 4 is 27.2 Å². The molecule has 8 heteroatoms. The SMILES string of the molecule is Cc1cc(C)c(NN(c2ccccc2)c2ccccc2)c(C)c1.O=S(=O)(O)c1ccc(F)cc1F. The molecule has 0 aliphatic heterocycles. The fourth-order valence-corrected chi connectivity index (χ4v) is 4.13. The lowest BCUT2D eigenvalue weighted by Crippen LogP contribution is -2.25. The summed E-state index contributed by atoms with van der Waals surface area (Å²) in [5.74, 6) is -2.21. The highest BCUT2D eigenvalue weighted by atomic mass is 32.2. The number of halogens is 2. The average molecular weight is 497 g/mol. The van der Waals surface area contributed by atoms with Crippen LogP contribution in [0.25, 0.3) is 0 Å². The lowest BCUT2D eigenvalue weighted by atomic mass is 10.1. The van der Waals surface area contributed by atoms with Crippen molar-refractivity contribution in [2.75, 3.05) is 10.4 Å². The highest BCUT2D eigenvalue weighted by Gasteiger charge is 2.15. The van der Waals surface area contributed by atoms with E-state index >= 15 is 0 Å². The van der Waals surface area contributed by atoms with E-state index in [1.54, 1.807) is 0 Å². The maximum absolute atomic E-state index is 12.6. The number of anilines is 3. The van der Waals surface area contributed by atoms with Gasteiger partial charge in [0.05, 0.1) is 17.1 Å². The van der Waals surface area contributed by atoms with E-state index in [1.807, 2.05) is 12.1 Å². The molecule has 4 rings (SSSR count). The minimum Gasteiger partial charge on any atom is -0.293 e. The summed E-state index contributed by atoms with van der Waals surface area (Å²) in [6.45, 7) is 6.43. The Kier molecular flexibility index (Phi) is 8.22. The Morgan fingerprint density at radius 2 is 1.23 bits per heavy atom. The molecule has 4 aromatic rings. The molecule has 0 bridgehead atoms. The third kappa shape index (κ3) is 6.88. The van der Waals surface area contributed by atoms with Crippen LogP contribution in [0.3, 0.4) is 0 Å². The quantitative estimate of drug-likeness (QED) is 0.230. The molecule has 0 unspecified atom stereocenters. The molecule has 2 N–H and O–H groups in total. The molecule has 35 heavy (non-hydrogen) atoms. The Labute approximate surface area is 204 Å². The summed E-state index contributed by atoms with van der Waals surface area (Å²) in [6.07, 6.45) is 0. The zero-order valence-corrected chi connectivity index (χ0v) is 20.4. The molecule has 0 atom stereocenters. The third-order valence-electron chi connectivity index (χ3n) is 5.10. The molecule has 0 aromatic heterocycles. The van der Waals surface area contributed by atoms with E-state index in [2.05, 4.69) is 91.9 Å². The van der Waals surface area contributed by atoms with Gasteiger partial charge in [0.1, 0.15) is 16.5 Å². The Morgan fingerprint density at radius 3 is 1.66 bits per heavy atom. The van der Waals surface area contributed by atoms with Crippen LogP contribution in [0.5, 0.6) is 0 Å². The lowest BCUT2D eigenvalue weighted by Gasteiger charge is -2.28. The molecule has 0 heterocycles. The minimum atomic E-state index is -4.59. The molecule has 0 aliphatic carbocycles. The fourth-order valence-electron chi connectivity index (χ4n) is 3.58. The number of hydrogen-bond donors (Lipinski definition) is 2. The van der Waals surface area contributed by atoms with Gasteiger partial charge in [-0.1, -0.05) is 54.1 Å². The molecule has 0 saturated carbocycles. The third-order valence-corrected chi connectivity index (χ3v) is 5.99. The highest BCUT2D eigenvalue weighted by molar-refractivity contribution is 7.85. The zero-order valence-electron chi connectivity index (χ0n) is 19.5. The first-order valence-electron chi connectivity index (χ1n) is 10.7. The molecule has 4 aromatic carbocycles. The number of nitrogens with one attached hydrogen (secondary N) is 1. The van der Waals surface area contributed by atoms with Crippen molar-refractivity contribution in [3.05, 3.63) is 119 Å². The molecule has 0 aliphatic rings. The highest BCUT2D eigenvalue weighted by Crippen LogP contribution is 2.29. The smallest absolute Gasteiger partial charge is 0.293 e. The summed E-state index contributed by atoms with van der Waals surface area (Å²) in [6, 6.07) is 26.9. The summed E-state index contributed by atoms with van der Waals surface area (Å²) in [4.78, 5) is -0.927. The van der Waals surface area contributed by atoms with E-state index in [0.29, 0.717) is 12.1 Å². The van der Waals surface area contributed by atoms with Gasteiger partial charge in [0.2, 0.25) is 0 Å². The second kappa shape index (κ2) is 11.1. The Morgan fingerprint density at radius 1 is 0.743 bits per heavy atom. The van der Waals surface area contributed by atoms with Gasteiger partial charge in [-0.2, -0.15) is 8.42 Å². The number of para-hydroxylation sites is 2. The first kappa shape index (κ1) is 25.9. The molecular weight excluding hydrogens is 470 g/mol. The first-order chi connectivity index (χ1) is 16.6. The van der Waals surface area contributed by atoms with Gasteiger partial charge in [-0.15, -0.1) is 0 Å². The molecule has 5 nitrogen and oxygen atoms in total. The molecule has 0 amide bonds. The number of benzene rings is 4. The second-order valence-corrected chi connectivity index (χ2v) is 9.33. The largest absolute Gasteiger partial charge is 0.297 e. The maximum Gasteiger partial charge on any atom is 0.297 e. The zero-order chi connectivity index (χ0) is 25.6. The van der Waals surface area contributed by atoms with E-state index in [0.717, 1.165) is 23.1 Å². The summed E-state index contributed by atoms with van der Waals surface area (Å²) in [7, 11) is -4.59. The summed E-state index contributed by atoms with van der Waals surface area (Å²) >= 11 is 0. The standard InChI is InChI=1S/C21H22N2.C6H4F2O3S/c1-16-14-17(2)21(18(3)15-16)22-23(19-10-6-4-7-11-19)20-12-8-5-9-13-20;7-4-1-2-6(5(8)3-4)12(9,10)11/h4-15,22H,1-3H3;1-3H,(H,9,10,11). The second-order valence-electron chi connectivity index (χ2n) is 7.94. The number of rotatable bonds is 5. The number of aryl methyl sites for hydroxylation is 3. The van der Waals surface area contributed by atoms with Gasteiger partial charge < -0.3 is 0 Å². The Hall–Kier alpha value is -3.75. The van der Waals surface area contributed by atoms with Gasteiger partial charge in [-0.25, -0.2) is 8.78 Å². The molecule has 0 saturated heterocycles. The van der Waals surface area contributed by atoms with E-state index in [9.17, 15) is 17.2 Å². The van der Waals surface area contributed by atoms with E-state index in [4.69, 9.17) is 4.55 Å². The molecule has 182 valence electrons. The van der Waals surface area contributed by atoms with Crippen LogP contribution in [-0.4, -0.2) is 13.0 Å². The summed E-state index contributed by atoms with van der Waals surface area (Å²) < 4.78 is 53.9. The lowest BCUT2D eigenvalue weighted by molar-refractivity contribution is 0.471. The van der Waals surface area contributed by atoms with Gasteiger partial charge in [0.15, 0.2) is 0 Å². The van der Waals surface area contributed by atoms with Crippen LogP contribution in [0.4, 0.5) is 25.8 Å². The van der Waals surface area contributed by atoms with Crippen LogP contribution >= 0.6 is 0 Å². The molecule has 0 radical (unpaired) electrons. The van der Waals surface area contributed by atoms with E-state index < -0.39 is 26.6 Å². The van der Waals surface area contributed by atoms with Crippen molar-refractivity contribution in [3.63, 3.8) is 0 Å². The Bertz CT molecular complexity index is 1330. The van der Waals surface area contributed by atoms with E-state index in [1.165, 1.54) is 16.7 Å². The number of hydrogen-bond acceptors (Lipinski definition) is 4. The monoisotopic (exact) mass is 496 g/mol. The van der Waals surface area contributed by atoms with Crippen molar-refractivity contribution in [2.24, 2.45) is 0 Å². The summed E-state index contributed by atoms with van der Waals surface area (Å²) in [5.41, 5.74) is 10.8. The van der Waals surface area contributed by atoms with Crippen molar-refractivity contribution in [3.8, 4) is 0 Å². The predicted molar refractivity (Wildman–Crippen MR) is 135 cm³/mol. The van der Waals surface area contributed by atoms with Gasteiger partial charge in [-0.05, 0) is 68.3 Å². The Balaban J connectivity index is 0.000000241. The van der Waals surface area contributed by atoms with Crippen LogP contribution < -0.4 is 10.4 Å². The predicted octanol–water partition coefficient (Wildman–Crippen LogP) is 6.99. The van der Waals surface area contributed by atoms with Gasteiger partial charge >= 0.3 is 0 Å². The molecule has 0 fully saturated rings. The van der Waals surface area contributed by atoms with Crippen LogP contribution in [0, 0.1) is 32.4 Å². The van der Waals surface area contributed by atoms with Crippen molar-refractivity contribution in [1.29, 1.82) is 0 Å². The summed E-state index contributed by atoms with van der Waals surface area (Å²) in [5, 5.41) is 2.13. The van der Waals surface area contributed by atoms with Crippen molar-refractivity contribution in [1.82, 2.24) is 0 Å². The maximum atomic E-state index is 12.6. The van der Waals surface area contributed by atoms with Crippen molar-refractivity contribution in [2.45, 2.75) is 25.7 Å². The van der Waals surface area contributed by atoms with Crippen LogP contribution in [0.15, 0.2) is 95.9 Å². The first-order valence-corrected chi connectivity index (χ1v) is 12.2. The normalized spacial score (nSPS) is 10.8. The van der Waals surface area contributed by atoms with Crippen LogP contribution in [-0.2, 0) is 10.1 Å². The average Bonchev–Trinajstić information content (AvgIpc) is 2.79. The topological polar surface area (TPSA) is 69.6 Å². The fraction of sp³-hybridized carbons (Fsp3) is 0.111. The number of nitrogens with zero attached hydrogens (tertiary/aromatic N) is 1. The van der Waals surface area contributed by atoms with Gasteiger partial charge in [-0.3, -0.25) is 15.0 Å². The van der Waals surface area contributed by atoms with Crippen LogP contribution in [0.2, 0.25) is 0 Å². The van der Waals surface area contributed by atoms with Crippen molar-refractivity contribution < 1.29 is 21.8 Å². The molecular formula is C27H26F2N2O3S. The van der Waals surface area contributed by atoms with Crippen LogP contribution in [0.1, 0.15) is 16.7 Å². The van der Waals surface area contributed by atoms with Gasteiger partial charge in [0.25, 0.3) is 10.1 Å². The van der Waals surface area contributed by atoms with E-state index in [-0.39, 0.29) is 0 Å².